The highest BCUT2D eigenvalue weighted by Gasteiger charge is 2.18. The third kappa shape index (κ3) is 2.83. The molecule has 0 bridgehead atoms. The summed E-state index contributed by atoms with van der Waals surface area (Å²) in [5.74, 6) is 0.679. The van der Waals surface area contributed by atoms with Gasteiger partial charge < -0.3 is 15.4 Å². The zero-order chi connectivity index (χ0) is 14.7. The summed E-state index contributed by atoms with van der Waals surface area (Å²) in [7, 11) is 1.83. The molecule has 1 amide bonds. The number of rotatable bonds is 4. The standard InChI is InChI=1S/C16H19N3O2/c1-17-15-13-7-3-2-6-12(13)14(10-18-15)16(20)19-9-11-5-4-8-21-11/h2-3,6-7,10-11H,4-5,8-9H2,1H3,(H,17,18)(H,19,20). The Labute approximate surface area is 123 Å². The minimum atomic E-state index is -0.100. The third-order valence-corrected chi connectivity index (χ3v) is 3.79. The molecule has 0 spiro atoms. The second-order valence-electron chi connectivity index (χ2n) is 5.16. The fourth-order valence-corrected chi connectivity index (χ4v) is 2.68. The number of carbonyl (C=O) groups is 1. The van der Waals surface area contributed by atoms with Gasteiger partial charge in [-0.1, -0.05) is 24.3 Å². The molecule has 1 atom stereocenters. The van der Waals surface area contributed by atoms with Gasteiger partial charge in [-0.15, -0.1) is 0 Å². The molecule has 0 saturated carbocycles. The molecule has 5 heteroatoms. The van der Waals surface area contributed by atoms with E-state index < -0.39 is 0 Å². The molecule has 3 rings (SSSR count). The van der Waals surface area contributed by atoms with E-state index in [2.05, 4.69) is 15.6 Å². The first kappa shape index (κ1) is 13.8. The Morgan fingerprint density at radius 2 is 2.19 bits per heavy atom. The van der Waals surface area contributed by atoms with Crippen LogP contribution in [0.5, 0.6) is 0 Å². The zero-order valence-electron chi connectivity index (χ0n) is 12.1. The Kier molecular flexibility index (Phi) is 4.01. The highest BCUT2D eigenvalue weighted by molar-refractivity contribution is 6.09. The average molecular weight is 285 g/mol. The lowest BCUT2D eigenvalue weighted by molar-refractivity contribution is 0.0859. The lowest BCUT2D eigenvalue weighted by Gasteiger charge is -2.13. The number of anilines is 1. The Morgan fingerprint density at radius 1 is 1.38 bits per heavy atom. The van der Waals surface area contributed by atoms with E-state index in [9.17, 15) is 4.79 Å². The predicted molar refractivity (Wildman–Crippen MR) is 82.6 cm³/mol. The number of pyridine rings is 1. The SMILES string of the molecule is CNc1ncc(C(=O)NCC2CCCO2)c2ccccc12. The van der Waals surface area contributed by atoms with Crippen LogP contribution < -0.4 is 10.6 Å². The zero-order valence-corrected chi connectivity index (χ0v) is 12.1. The minimum absolute atomic E-state index is 0.100. The normalized spacial score (nSPS) is 17.9. The molecule has 0 radical (unpaired) electrons. The fourth-order valence-electron chi connectivity index (χ4n) is 2.68. The summed E-state index contributed by atoms with van der Waals surface area (Å²) in [6, 6.07) is 7.78. The number of benzene rings is 1. The summed E-state index contributed by atoms with van der Waals surface area (Å²) < 4.78 is 5.52. The van der Waals surface area contributed by atoms with E-state index in [0.717, 1.165) is 36.0 Å². The van der Waals surface area contributed by atoms with Gasteiger partial charge in [0, 0.05) is 31.8 Å². The summed E-state index contributed by atoms with van der Waals surface area (Å²) >= 11 is 0. The summed E-state index contributed by atoms with van der Waals surface area (Å²) in [5, 5.41) is 7.85. The largest absolute Gasteiger partial charge is 0.376 e. The molecule has 1 aliphatic rings. The lowest BCUT2D eigenvalue weighted by atomic mass is 10.1. The van der Waals surface area contributed by atoms with E-state index in [1.54, 1.807) is 6.20 Å². The number of ether oxygens (including phenoxy) is 1. The number of hydrogen-bond acceptors (Lipinski definition) is 4. The van der Waals surface area contributed by atoms with Crippen molar-refractivity contribution in [2.75, 3.05) is 25.5 Å². The van der Waals surface area contributed by atoms with E-state index in [-0.39, 0.29) is 12.0 Å². The maximum atomic E-state index is 12.4. The van der Waals surface area contributed by atoms with Crippen LogP contribution in [0.25, 0.3) is 10.8 Å². The van der Waals surface area contributed by atoms with Gasteiger partial charge in [-0.2, -0.15) is 0 Å². The van der Waals surface area contributed by atoms with Crippen LogP contribution in [0, 0.1) is 0 Å². The van der Waals surface area contributed by atoms with E-state index >= 15 is 0 Å². The molecule has 2 N–H and O–H groups in total. The monoisotopic (exact) mass is 285 g/mol. The highest BCUT2D eigenvalue weighted by Crippen LogP contribution is 2.24. The molecule has 1 aliphatic heterocycles. The molecule has 0 aliphatic carbocycles. The molecule has 1 saturated heterocycles. The van der Waals surface area contributed by atoms with Crippen molar-refractivity contribution in [3.63, 3.8) is 0 Å². The number of nitrogens with one attached hydrogen (secondary N) is 2. The van der Waals surface area contributed by atoms with E-state index in [1.807, 2.05) is 31.3 Å². The molecule has 1 fully saturated rings. The van der Waals surface area contributed by atoms with Gasteiger partial charge >= 0.3 is 0 Å². The van der Waals surface area contributed by atoms with Crippen LogP contribution in [-0.4, -0.2) is 37.2 Å². The van der Waals surface area contributed by atoms with Crippen molar-refractivity contribution in [2.24, 2.45) is 0 Å². The Bertz CT molecular complexity index is 651. The van der Waals surface area contributed by atoms with Crippen LogP contribution >= 0.6 is 0 Å². The van der Waals surface area contributed by atoms with Crippen LogP contribution in [0.1, 0.15) is 23.2 Å². The van der Waals surface area contributed by atoms with Gasteiger partial charge in [0.1, 0.15) is 5.82 Å². The molecule has 1 unspecified atom stereocenters. The van der Waals surface area contributed by atoms with Crippen molar-refractivity contribution in [1.29, 1.82) is 0 Å². The molecule has 21 heavy (non-hydrogen) atoms. The molecule has 1 aromatic heterocycles. The van der Waals surface area contributed by atoms with Crippen LogP contribution in [0.15, 0.2) is 30.5 Å². The quantitative estimate of drug-likeness (QED) is 0.904. The van der Waals surface area contributed by atoms with Crippen LogP contribution in [-0.2, 0) is 4.74 Å². The summed E-state index contributed by atoms with van der Waals surface area (Å²) in [4.78, 5) is 16.7. The predicted octanol–water partition coefficient (Wildman–Crippen LogP) is 2.19. The summed E-state index contributed by atoms with van der Waals surface area (Å²) in [5.41, 5.74) is 0.600. The smallest absolute Gasteiger partial charge is 0.253 e. The Morgan fingerprint density at radius 3 is 2.90 bits per heavy atom. The topological polar surface area (TPSA) is 63.2 Å². The number of hydrogen-bond donors (Lipinski definition) is 2. The van der Waals surface area contributed by atoms with Crippen molar-refractivity contribution in [3.8, 4) is 0 Å². The second-order valence-corrected chi connectivity index (χ2v) is 5.16. The Hall–Kier alpha value is -2.14. The van der Waals surface area contributed by atoms with Crippen LogP contribution in [0.4, 0.5) is 5.82 Å². The van der Waals surface area contributed by atoms with Gasteiger partial charge in [-0.3, -0.25) is 4.79 Å². The maximum absolute atomic E-state index is 12.4. The first-order valence-corrected chi connectivity index (χ1v) is 7.25. The van der Waals surface area contributed by atoms with E-state index in [4.69, 9.17) is 4.74 Å². The van der Waals surface area contributed by atoms with Gasteiger partial charge in [0.2, 0.25) is 0 Å². The fraction of sp³-hybridized carbons (Fsp3) is 0.375. The summed E-state index contributed by atoms with van der Waals surface area (Å²) in [6.07, 6.45) is 3.85. The van der Waals surface area contributed by atoms with Gasteiger partial charge in [0.15, 0.2) is 0 Å². The number of carbonyl (C=O) groups excluding carboxylic acids is 1. The molecule has 110 valence electrons. The van der Waals surface area contributed by atoms with E-state index in [0.29, 0.717) is 12.1 Å². The molecule has 2 heterocycles. The number of fused-ring (bicyclic) bond motifs is 1. The van der Waals surface area contributed by atoms with Crippen molar-refractivity contribution >= 4 is 22.5 Å². The van der Waals surface area contributed by atoms with Crippen molar-refractivity contribution in [3.05, 3.63) is 36.0 Å². The summed E-state index contributed by atoms with van der Waals surface area (Å²) in [6.45, 7) is 1.35. The first-order valence-electron chi connectivity index (χ1n) is 7.25. The number of nitrogens with zero attached hydrogens (tertiary/aromatic N) is 1. The number of amides is 1. The average Bonchev–Trinajstić information content (AvgIpc) is 3.05. The molecular formula is C16H19N3O2. The van der Waals surface area contributed by atoms with Gasteiger partial charge in [-0.25, -0.2) is 4.98 Å². The highest BCUT2D eigenvalue weighted by atomic mass is 16.5. The number of aromatic nitrogens is 1. The molecule has 1 aromatic carbocycles. The first-order chi connectivity index (χ1) is 10.3. The van der Waals surface area contributed by atoms with Crippen molar-refractivity contribution in [1.82, 2.24) is 10.3 Å². The third-order valence-electron chi connectivity index (χ3n) is 3.79. The van der Waals surface area contributed by atoms with Crippen molar-refractivity contribution in [2.45, 2.75) is 18.9 Å². The van der Waals surface area contributed by atoms with Crippen molar-refractivity contribution < 1.29 is 9.53 Å². The van der Waals surface area contributed by atoms with E-state index in [1.165, 1.54) is 0 Å². The molecule has 5 nitrogen and oxygen atoms in total. The Balaban J connectivity index is 1.84. The van der Waals surface area contributed by atoms with Crippen LogP contribution in [0.3, 0.4) is 0 Å². The van der Waals surface area contributed by atoms with Crippen LogP contribution in [0.2, 0.25) is 0 Å². The van der Waals surface area contributed by atoms with Gasteiger partial charge in [-0.05, 0) is 18.2 Å². The second kappa shape index (κ2) is 6.10. The minimum Gasteiger partial charge on any atom is -0.376 e. The lowest BCUT2D eigenvalue weighted by Crippen LogP contribution is -2.32. The molecule has 2 aromatic rings. The maximum Gasteiger partial charge on any atom is 0.253 e. The van der Waals surface area contributed by atoms with Gasteiger partial charge in [0.25, 0.3) is 5.91 Å². The molecular weight excluding hydrogens is 266 g/mol. The van der Waals surface area contributed by atoms with Gasteiger partial charge in [0.05, 0.1) is 11.7 Å².